The number of anilines is 2. The van der Waals surface area contributed by atoms with Gasteiger partial charge in [-0.05, 0) is 66.4 Å². The molecule has 0 fully saturated rings. The van der Waals surface area contributed by atoms with Crippen molar-refractivity contribution in [3.05, 3.63) is 89.5 Å². The molecule has 34 heavy (non-hydrogen) atoms. The van der Waals surface area contributed by atoms with Crippen LogP contribution in [0.15, 0.2) is 77.7 Å². The maximum absolute atomic E-state index is 12.9. The van der Waals surface area contributed by atoms with E-state index in [9.17, 15) is 18.0 Å². The molecular weight excluding hydrogens is 450 g/mol. The molecule has 0 aromatic heterocycles. The van der Waals surface area contributed by atoms with Crippen molar-refractivity contribution in [2.75, 3.05) is 10.0 Å². The average molecular weight is 480 g/mol. The first kappa shape index (κ1) is 25.0. The van der Waals surface area contributed by atoms with Crippen molar-refractivity contribution in [1.82, 2.24) is 5.32 Å². The van der Waals surface area contributed by atoms with Gasteiger partial charge in [-0.2, -0.15) is 0 Å². The van der Waals surface area contributed by atoms with Crippen LogP contribution in [-0.2, 0) is 27.8 Å². The summed E-state index contributed by atoms with van der Waals surface area (Å²) in [7, 11) is -3.85. The van der Waals surface area contributed by atoms with Gasteiger partial charge in [0.1, 0.15) is 0 Å². The number of amides is 2. The number of carbonyl (C=O) groups is 2. The van der Waals surface area contributed by atoms with Crippen LogP contribution in [0.1, 0.15) is 48.2 Å². The Bertz CT molecular complexity index is 1260. The van der Waals surface area contributed by atoms with Gasteiger partial charge < -0.3 is 10.6 Å². The first-order valence-electron chi connectivity index (χ1n) is 11.1. The minimum Gasteiger partial charge on any atom is -0.348 e. The van der Waals surface area contributed by atoms with E-state index in [1.807, 2.05) is 18.2 Å². The van der Waals surface area contributed by atoms with Gasteiger partial charge in [0.2, 0.25) is 5.91 Å². The maximum atomic E-state index is 12.9. The van der Waals surface area contributed by atoms with Crippen molar-refractivity contribution >= 4 is 33.2 Å². The summed E-state index contributed by atoms with van der Waals surface area (Å²) in [6.07, 6.45) is 3.14. The Balaban J connectivity index is 1.66. The predicted octanol–water partition coefficient (Wildman–Crippen LogP) is 4.72. The molecule has 8 heteroatoms. The molecule has 3 N–H and O–H groups in total. The highest BCUT2D eigenvalue weighted by molar-refractivity contribution is 7.92. The number of unbranched alkanes of at least 4 members (excludes halogenated alkanes) is 1. The van der Waals surface area contributed by atoms with Crippen LogP contribution >= 0.6 is 0 Å². The lowest BCUT2D eigenvalue weighted by Gasteiger charge is -2.11. The van der Waals surface area contributed by atoms with Crippen molar-refractivity contribution in [1.29, 1.82) is 0 Å². The monoisotopic (exact) mass is 479 g/mol. The first-order chi connectivity index (χ1) is 16.3. The van der Waals surface area contributed by atoms with Gasteiger partial charge in [-0.15, -0.1) is 0 Å². The summed E-state index contributed by atoms with van der Waals surface area (Å²) < 4.78 is 28.3. The zero-order valence-corrected chi connectivity index (χ0v) is 20.1. The molecule has 0 aliphatic carbocycles. The highest BCUT2D eigenvalue weighted by Gasteiger charge is 2.17. The van der Waals surface area contributed by atoms with Crippen LogP contribution in [0.2, 0.25) is 0 Å². The maximum Gasteiger partial charge on any atom is 0.261 e. The van der Waals surface area contributed by atoms with E-state index in [4.69, 9.17) is 0 Å². The fourth-order valence-corrected chi connectivity index (χ4v) is 4.49. The topological polar surface area (TPSA) is 104 Å². The summed E-state index contributed by atoms with van der Waals surface area (Å²) >= 11 is 0. The van der Waals surface area contributed by atoms with Crippen molar-refractivity contribution in [3.63, 3.8) is 0 Å². The highest BCUT2D eigenvalue weighted by atomic mass is 32.2. The summed E-state index contributed by atoms with van der Waals surface area (Å²) in [6, 6.07) is 20.3. The van der Waals surface area contributed by atoms with E-state index in [2.05, 4.69) is 22.3 Å². The number of nitrogens with one attached hydrogen (secondary N) is 3. The van der Waals surface area contributed by atoms with Crippen molar-refractivity contribution < 1.29 is 18.0 Å². The molecule has 0 saturated heterocycles. The molecule has 3 rings (SSSR count). The summed E-state index contributed by atoms with van der Waals surface area (Å²) in [5, 5.41) is 5.48. The van der Waals surface area contributed by atoms with E-state index in [1.54, 1.807) is 36.4 Å². The molecule has 178 valence electrons. The quantitative estimate of drug-likeness (QED) is 0.391. The fourth-order valence-electron chi connectivity index (χ4n) is 3.39. The minimum atomic E-state index is -3.85. The van der Waals surface area contributed by atoms with Crippen molar-refractivity contribution in [2.24, 2.45) is 0 Å². The fraction of sp³-hybridized carbons (Fsp3) is 0.231. The molecule has 3 aromatic carbocycles. The molecule has 0 bridgehead atoms. The second-order valence-electron chi connectivity index (χ2n) is 8.00. The van der Waals surface area contributed by atoms with Gasteiger partial charge >= 0.3 is 0 Å². The molecule has 0 unspecified atom stereocenters. The summed E-state index contributed by atoms with van der Waals surface area (Å²) in [6.45, 7) is 3.78. The van der Waals surface area contributed by atoms with Crippen LogP contribution in [-0.4, -0.2) is 20.2 Å². The lowest BCUT2D eigenvalue weighted by Crippen LogP contribution is -2.23. The Morgan fingerprint density at radius 2 is 1.59 bits per heavy atom. The second kappa shape index (κ2) is 11.5. The van der Waals surface area contributed by atoms with E-state index in [0.29, 0.717) is 11.4 Å². The number of sulfonamides is 1. The molecule has 0 atom stereocenters. The van der Waals surface area contributed by atoms with Gasteiger partial charge in [-0.25, -0.2) is 8.42 Å². The SMILES string of the molecule is CCCCc1ccc(NS(=O)(=O)c2cccc(C(=O)NCc3cccc(NC(C)=O)c3)c2)cc1. The zero-order valence-electron chi connectivity index (χ0n) is 19.3. The van der Waals surface area contributed by atoms with E-state index < -0.39 is 15.9 Å². The Hall–Kier alpha value is -3.65. The second-order valence-corrected chi connectivity index (χ2v) is 9.68. The van der Waals surface area contributed by atoms with Gasteiger partial charge in [0.05, 0.1) is 4.90 Å². The molecule has 2 amide bonds. The molecule has 3 aromatic rings. The number of carbonyl (C=O) groups excluding carboxylic acids is 2. The van der Waals surface area contributed by atoms with Crippen LogP contribution in [0.25, 0.3) is 0 Å². The summed E-state index contributed by atoms with van der Waals surface area (Å²) in [4.78, 5) is 23.9. The third-order valence-corrected chi connectivity index (χ3v) is 6.51. The largest absolute Gasteiger partial charge is 0.348 e. The summed E-state index contributed by atoms with van der Waals surface area (Å²) in [5.74, 6) is -0.581. The summed E-state index contributed by atoms with van der Waals surface area (Å²) in [5.41, 5.74) is 3.29. The highest BCUT2D eigenvalue weighted by Crippen LogP contribution is 2.19. The molecular formula is C26H29N3O4S. The van der Waals surface area contributed by atoms with Crippen LogP contribution in [0.3, 0.4) is 0 Å². The zero-order chi connectivity index (χ0) is 24.6. The minimum absolute atomic E-state index is 0.00265. The number of rotatable bonds is 10. The number of hydrogen-bond acceptors (Lipinski definition) is 4. The molecule has 0 saturated carbocycles. The number of aryl methyl sites for hydroxylation is 1. The average Bonchev–Trinajstić information content (AvgIpc) is 2.82. The van der Waals surface area contributed by atoms with Crippen LogP contribution < -0.4 is 15.4 Å². The standard InChI is InChI=1S/C26H29N3O4S/c1-3-4-7-20-12-14-23(15-13-20)29-34(32,33)25-11-6-9-22(17-25)26(31)27-18-21-8-5-10-24(16-21)28-19(2)30/h5-6,8-17,29H,3-4,7,18H2,1-2H3,(H,27,31)(H,28,30). The smallest absolute Gasteiger partial charge is 0.261 e. The lowest BCUT2D eigenvalue weighted by atomic mass is 10.1. The Morgan fingerprint density at radius 1 is 0.853 bits per heavy atom. The molecule has 0 aliphatic heterocycles. The van der Waals surface area contributed by atoms with Crippen molar-refractivity contribution in [2.45, 2.75) is 44.6 Å². The third-order valence-electron chi connectivity index (χ3n) is 5.13. The third kappa shape index (κ3) is 7.18. The first-order valence-corrected chi connectivity index (χ1v) is 12.6. The molecule has 0 radical (unpaired) electrons. The number of benzene rings is 3. The van der Waals surface area contributed by atoms with Crippen LogP contribution in [0.5, 0.6) is 0 Å². The normalized spacial score (nSPS) is 11.0. The van der Waals surface area contributed by atoms with Gasteiger partial charge in [0, 0.05) is 30.4 Å². The lowest BCUT2D eigenvalue weighted by molar-refractivity contribution is -0.114. The van der Waals surface area contributed by atoms with Crippen LogP contribution in [0.4, 0.5) is 11.4 Å². The van der Waals surface area contributed by atoms with Gasteiger partial charge in [0.15, 0.2) is 0 Å². The van der Waals surface area contributed by atoms with E-state index in [1.165, 1.54) is 25.1 Å². The predicted molar refractivity (Wildman–Crippen MR) is 134 cm³/mol. The van der Waals surface area contributed by atoms with Crippen LogP contribution in [0, 0.1) is 0 Å². The van der Waals surface area contributed by atoms with E-state index in [0.717, 1.165) is 30.4 Å². The van der Waals surface area contributed by atoms with Crippen molar-refractivity contribution in [3.8, 4) is 0 Å². The molecule has 7 nitrogen and oxygen atoms in total. The van der Waals surface area contributed by atoms with E-state index >= 15 is 0 Å². The molecule has 0 heterocycles. The Labute approximate surface area is 200 Å². The van der Waals surface area contributed by atoms with Gasteiger partial charge in [0.25, 0.3) is 15.9 Å². The van der Waals surface area contributed by atoms with Gasteiger partial charge in [-0.1, -0.05) is 43.7 Å². The molecule has 0 aliphatic rings. The Morgan fingerprint density at radius 3 is 2.29 bits per heavy atom. The van der Waals surface area contributed by atoms with Gasteiger partial charge in [-0.3, -0.25) is 14.3 Å². The van der Waals surface area contributed by atoms with E-state index in [-0.39, 0.29) is 22.9 Å². The Kier molecular flexibility index (Phi) is 8.43. The molecule has 0 spiro atoms. The number of hydrogen-bond donors (Lipinski definition) is 3.